The second-order valence-electron chi connectivity index (χ2n) is 8.47. The van der Waals surface area contributed by atoms with Crippen LogP contribution in [0.2, 0.25) is 0 Å². The second kappa shape index (κ2) is 12.1. The predicted octanol–water partition coefficient (Wildman–Crippen LogP) is -0.626. The first-order valence-electron chi connectivity index (χ1n) is 11.3. The lowest BCUT2D eigenvalue weighted by Crippen LogP contribution is -2.38. The number of rotatable bonds is 12. The van der Waals surface area contributed by atoms with Crippen molar-refractivity contribution < 1.29 is 34.1 Å². The Morgan fingerprint density at radius 2 is 2.08 bits per heavy atom. The van der Waals surface area contributed by atoms with Crippen molar-refractivity contribution in [2.24, 2.45) is 7.05 Å². The van der Waals surface area contributed by atoms with Gasteiger partial charge in [-0.25, -0.2) is 4.79 Å². The van der Waals surface area contributed by atoms with Crippen molar-refractivity contribution in [3.63, 3.8) is 0 Å². The van der Waals surface area contributed by atoms with E-state index >= 15 is 0 Å². The number of carbonyl (C=O) groups is 1. The van der Waals surface area contributed by atoms with E-state index in [1.165, 1.54) is 4.68 Å². The first kappa shape index (κ1) is 28.0. The van der Waals surface area contributed by atoms with Gasteiger partial charge in [0.25, 0.3) is 5.56 Å². The molecule has 0 aromatic carbocycles. The van der Waals surface area contributed by atoms with Gasteiger partial charge in [-0.15, -0.1) is 5.10 Å². The normalized spacial score (nSPS) is 23.7. The molecule has 1 aliphatic heterocycles. The fraction of sp³-hybridized carbons (Fsp3) is 0.700. The van der Waals surface area contributed by atoms with Gasteiger partial charge in [0.1, 0.15) is 38.7 Å². The fourth-order valence-electron chi connectivity index (χ4n) is 3.75. The van der Waals surface area contributed by atoms with E-state index in [1.54, 1.807) is 27.0 Å². The zero-order chi connectivity index (χ0) is 26.6. The topological polar surface area (TPSA) is 207 Å². The highest BCUT2D eigenvalue weighted by molar-refractivity contribution is 7.52. The molecule has 0 amide bonds. The van der Waals surface area contributed by atoms with E-state index in [0.29, 0.717) is 17.6 Å². The standard InChI is InChI=1S/C20H30N7O8P/c1-5-6-11-13-14(26(4)23-11)17(30)27(25-22-13)18-16(29)15(28)12(35-18)9-33-20(19(31)32)36(24-10(2)3)34-8-7-21/h10,12,15-16,18,20,24,28-29H,5-6,8-9H2,1-4H3,(H,31,32). The molecular formula is C20H30N7O8P. The van der Waals surface area contributed by atoms with E-state index in [2.05, 4.69) is 20.5 Å². The highest BCUT2D eigenvalue weighted by Gasteiger charge is 2.46. The molecule has 198 valence electrons. The summed E-state index contributed by atoms with van der Waals surface area (Å²) in [6.07, 6.45) is -4.27. The number of fused-ring (bicyclic) bond motifs is 1. The quantitative estimate of drug-likeness (QED) is 0.254. The summed E-state index contributed by atoms with van der Waals surface area (Å²) >= 11 is 0. The minimum atomic E-state index is -1.92. The van der Waals surface area contributed by atoms with Crippen molar-refractivity contribution in [2.45, 2.75) is 70.0 Å². The summed E-state index contributed by atoms with van der Waals surface area (Å²) in [6.45, 7) is 4.72. The Kier molecular flexibility index (Phi) is 9.42. The highest BCUT2D eigenvalue weighted by Crippen LogP contribution is 2.40. The molecule has 6 unspecified atom stereocenters. The van der Waals surface area contributed by atoms with Crippen molar-refractivity contribution in [2.75, 3.05) is 13.2 Å². The largest absolute Gasteiger partial charge is 0.479 e. The summed E-state index contributed by atoms with van der Waals surface area (Å²) in [7, 11) is -0.327. The highest BCUT2D eigenvalue weighted by atomic mass is 31.2. The van der Waals surface area contributed by atoms with Crippen LogP contribution < -0.4 is 10.6 Å². The van der Waals surface area contributed by atoms with Crippen LogP contribution in [0, 0.1) is 11.3 Å². The molecule has 1 saturated heterocycles. The predicted molar refractivity (Wildman–Crippen MR) is 125 cm³/mol. The molecule has 0 aliphatic carbocycles. The second-order valence-corrected chi connectivity index (χ2v) is 10.1. The van der Waals surface area contributed by atoms with Gasteiger partial charge in [0.15, 0.2) is 11.7 Å². The van der Waals surface area contributed by atoms with Gasteiger partial charge >= 0.3 is 5.97 Å². The van der Waals surface area contributed by atoms with E-state index in [9.17, 15) is 24.9 Å². The van der Waals surface area contributed by atoms with Gasteiger partial charge in [-0.1, -0.05) is 18.6 Å². The van der Waals surface area contributed by atoms with E-state index in [1.807, 2.05) is 6.92 Å². The van der Waals surface area contributed by atoms with Crippen molar-refractivity contribution >= 4 is 25.3 Å². The Bertz CT molecular complexity index is 1170. The van der Waals surface area contributed by atoms with Crippen LogP contribution in [-0.4, -0.2) is 89.5 Å². The molecule has 2 aromatic rings. The first-order chi connectivity index (χ1) is 17.1. The summed E-state index contributed by atoms with van der Waals surface area (Å²) in [5.41, 5.74) is 0.523. The van der Waals surface area contributed by atoms with Crippen LogP contribution >= 0.6 is 8.30 Å². The maximum Gasteiger partial charge on any atom is 0.341 e. The van der Waals surface area contributed by atoms with Crippen LogP contribution in [-0.2, 0) is 32.3 Å². The Hall–Kier alpha value is -2.57. The molecular weight excluding hydrogens is 497 g/mol. The summed E-state index contributed by atoms with van der Waals surface area (Å²) < 4.78 is 18.7. The first-order valence-corrected chi connectivity index (χ1v) is 12.7. The minimum absolute atomic E-state index is 0.162. The van der Waals surface area contributed by atoms with Crippen molar-refractivity contribution in [3.8, 4) is 6.07 Å². The number of nitrogens with zero attached hydrogens (tertiary/aromatic N) is 6. The number of aliphatic hydroxyl groups excluding tert-OH is 2. The average Bonchev–Trinajstić information content (AvgIpc) is 3.28. The van der Waals surface area contributed by atoms with Crippen LogP contribution in [0.15, 0.2) is 4.79 Å². The fourth-order valence-corrected chi connectivity index (χ4v) is 5.22. The maximum absolute atomic E-state index is 13.1. The van der Waals surface area contributed by atoms with Crippen molar-refractivity contribution in [1.82, 2.24) is 29.9 Å². The summed E-state index contributed by atoms with van der Waals surface area (Å²) in [4.78, 5) is 25.0. The Morgan fingerprint density at radius 3 is 2.69 bits per heavy atom. The number of aryl methyl sites for hydroxylation is 2. The Labute approximate surface area is 207 Å². The lowest BCUT2D eigenvalue weighted by molar-refractivity contribution is -0.148. The molecule has 2 aromatic heterocycles. The number of carboxylic acids is 1. The van der Waals surface area contributed by atoms with E-state index < -0.39 is 56.8 Å². The average molecular weight is 527 g/mol. The number of nitrogens with one attached hydrogen (secondary N) is 1. The van der Waals surface area contributed by atoms with Gasteiger partial charge < -0.3 is 29.3 Å². The number of aromatic nitrogens is 5. The molecule has 0 saturated carbocycles. The van der Waals surface area contributed by atoms with Crippen molar-refractivity contribution in [1.29, 1.82) is 5.26 Å². The van der Waals surface area contributed by atoms with Crippen molar-refractivity contribution in [3.05, 3.63) is 16.0 Å². The van der Waals surface area contributed by atoms with Gasteiger partial charge in [-0.2, -0.15) is 15.0 Å². The molecule has 6 atom stereocenters. The summed E-state index contributed by atoms with van der Waals surface area (Å²) in [6, 6.07) is 1.62. The van der Waals surface area contributed by atoms with Gasteiger partial charge in [0.05, 0.1) is 18.4 Å². The lowest BCUT2D eigenvalue weighted by Gasteiger charge is -2.26. The zero-order valence-electron chi connectivity index (χ0n) is 20.3. The Balaban J connectivity index is 1.79. The van der Waals surface area contributed by atoms with Crippen LogP contribution in [0.3, 0.4) is 0 Å². The van der Waals surface area contributed by atoms with Gasteiger partial charge in [-0.05, 0) is 20.3 Å². The monoisotopic (exact) mass is 527 g/mol. The third-order valence-corrected chi connectivity index (χ3v) is 7.28. The number of carboxylic acid groups (broad SMARTS) is 1. The number of aliphatic carboxylic acids is 1. The van der Waals surface area contributed by atoms with E-state index in [4.69, 9.17) is 19.3 Å². The minimum Gasteiger partial charge on any atom is -0.479 e. The number of nitriles is 1. The van der Waals surface area contributed by atoms with Crippen LogP contribution in [0.5, 0.6) is 0 Å². The molecule has 1 aliphatic rings. The third-order valence-electron chi connectivity index (χ3n) is 5.30. The Morgan fingerprint density at radius 1 is 1.36 bits per heavy atom. The van der Waals surface area contributed by atoms with Crippen LogP contribution in [0.1, 0.15) is 39.1 Å². The SMILES string of the molecule is CCCc1nn(C)c2c(=O)n(C3OC(COC(C(=O)O)P(NC(C)C)OCC#N)C(O)C3O)nnc12. The van der Waals surface area contributed by atoms with E-state index in [-0.39, 0.29) is 18.2 Å². The molecule has 3 rings (SSSR count). The molecule has 16 heteroatoms. The number of aliphatic hydroxyl groups is 2. The molecule has 0 spiro atoms. The smallest absolute Gasteiger partial charge is 0.341 e. The van der Waals surface area contributed by atoms with Gasteiger partial charge in [0, 0.05) is 13.1 Å². The summed E-state index contributed by atoms with van der Waals surface area (Å²) in [5, 5.41) is 54.8. The zero-order valence-corrected chi connectivity index (χ0v) is 21.2. The summed E-state index contributed by atoms with van der Waals surface area (Å²) in [5.74, 6) is -2.84. The number of hydrogen-bond acceptors (Lipinski definition) is 12. The molecule has 4 N–H and O–H groups in total. The molecule has 0 bridgehead atoms. The molecule has 0 radical (unpaired) electrons. The maximum atomic E-state index is 13.1. The molecule has 1 fully saturated rings. The van der Waals surface area contributed by atoms with Gasteiger partial charge in [-0.3, -0.25) is 14.6 Å². The third kappa shape index (κ3) is 5.87. The van der Waals surface area contributed by atoms with E-state index in [0.717, 1.165) is 11.1 Å². The van der Waals surface area contributed by atoms with Crippen LogP contribution in [0.25, 0.3) is 11.0 Å². The van der Waals surface area contributed by atoms with Gasteiger partial charge in [0.2, 0.25) is 5.85 Å². The number of ether oxygens (including phenoxy) is 2. The molecule has 36 heavy (non-hydrogen) atoms. The number of hydrogen-bond donors (Lipinski definition) is 4. The molecule has 15 nitrogen and oxygen atoms in total. The molecule has 3 heterocycles. The lowest BCUT2D eigenvalue weighted by atomic mass is 10.1. The van der Waals surface area contributed by atoms with Crippen LogP contribution in [0.4, 0.5) is 0 Å².